The number of anilines is 2. The van der Waals surface area contributed by atoms with E-state index in [9.17, 15) is 14.0 Å². The lowest BCUT2D eigenvalue weighted by atomic mass is 10.2. The second-order valence-corrected chi connectivity index (χ2v) is 7.63. The van der Waals surface area contributed by atoms with Gasteiger partial charge in [-0.3, -0.25) is 9.69 Å². The molecule has 2 aromatic heterocycles. The molecule has 2 aromatic carbocycles. The molecule has 8 heteroatoms. The van der Waals surface area contributed by atoms with Crippen molar-refractivity contribution in [2.75, 3.05) is 4.90 Å². The molecule has 0 aliphatic heterocycles. The van der Waals surface area contributed by atoms with Crippen LogP contribution in [0.3, 0.4) is 0 Å². The summed E-state index contributed by atoms with van der Waals surface area (Å²) in [5, 5.41) is 2.97. The van der Waals surface area contributed by atoms with Crippen molar-refractivity contribution in [2.24, 2.45) is 0 Å². The zero-order chi connectivity index (χ0) is 22.5. The van der Waals surface area contributed by atoms with Gasteiger partial charge in [-0.25, -0.2) is 19.2 Å². The van der Waals surface area contributed by atoms with E-state index in [-0.39, 0.29) is 18.2 Å². The van der Waals surface area contributed by atoms with Crippen molar-refractivity contribution in [3.8, 4) is 0 Å². The molecule has 0 spiro atoms. The zero-order valence-electron chi connectivity index (χ0n) is 17.1. The van der Waals surface area contributed by atoms with Crippen LogP contribution >= 0.6 is 11.3 Å². The first kappa shape index (κ1) is 21.3. The van der Waals surface area contributed by atoms with Crippen molar-refractivity contribution in [1.82, 2.24) is 9.97 Å². The molecule has 1 amide bonds. The van der Waals surface area contributed by atoms with Gasteiger partial charge in [0.15, 0.2) is 5.13 Å². The Labute approximate surface area is 187 Å². The van der Waals surface area contributed by atoms with Crippen LogP contribution in [0.5, 0.6) is 0 Å². The number of para-hydroxylation sites is 2. The molecule has 0 bridgehead atoms. The van der Waals surface area contributed by atoms with Crippen LogP contribution in [0, 0.1) is 5.82 Å². The lowest BCUT2D eigenvalue weighted by molar-refractivity contribution is -0.139. The zero-order valence-corrected chi connectivity index (χ0v) is 17.9. The van der Waals surface area contributed by atoms with Crippen LogP contribution in [-0.2, 0) is 20.9 Å². The molecular formula is C24H18FN3O3S. The van der Waals surface area contributed by atoms with E-state index in [1.807, 2.05) is 36.4 Å². The van der Waals surface area contributed by atoms with Crippen LogP contribution < -0.4 is 4.90 Å². The molecule has 0 unspecified atom stereocenters. The number of benzene rings is 2. The molecule has 0 aliphatic carbocycles. The molecule has 0 atom stereocenters. The first-order valence-electron chi connectivity index (χ1n) is 9.71. The fourth-order valence-electron chi connectivity index (χ4n) is 3.03. The summed E-state index contributed by atoms with van der Waals surface area (Å²) in [4.78, 5) is 34.2. The Morgan fingerprint density at radius 1 is 1.06 bits per heavy atom. The van der Waals surface area contributed by atoms with Crippen molar-refractivity contribution in [3.05, 3.63) is 89.3 Å². The summed E-state index contributed by atoms with van der Waals surface area (Å²) in [5.74, 6) is -1.45. The van der Waals surface area contributed by atoms with Gasteiger partial charge in [0.25, 0.3) is 0 Å². The molecule has 2 heterocycles. The monoisotopic (exact) mass is 447 g/mol. The SMILES string of the molecule is CC(=O)N(c1nc(COC(=O)/C=C/c2ccc3ccccc3n2)cs1)c1ccccc1F. The summed E-state index contributed by atoms with van der Waals surface area (Å²) in [6, 6.07) is 17.4. The molecule has 0 N–H and O–H groups in total. The maximum atomic E-state index is 14.2. The Hall–Kier alpha value is -3.91. The third kappa shape index (κ3) is 4.87. The fraction of sp³-hybridized carbons (Fsp3) is 0.0833. The van der Waals surface area contributed by atoms with Gasteiger partial charge in [0.05, 0.1) is 22.6 Å². The van der Waals surface area contributed by atoms with Crippen LogP contribution in [0.1, 0.15) is 18.3 Å². The number of pyridine rings is 1. The molecule has 32 heavy (non-hydrogen) atoms. The largest absolute Gasteiger partial charge is 0.456 e. The molecule has 6 nitrogen and oxygen atoms in total. The number of rotatable bonds is 6. The number of hydrogen-bond acceptors (Lipinski definition) is 6. The first-order chi connectivity index (χ1) is 15.5. The number of carbonyl (C=O) groups is 2. The van der Waals surface area contributed by atoms with Gasteiger partial charge >= 0.3 is 5.97 Å². The van der Waals surface area contributed by atoms with Gasteiger partial charge < -0.3 is 4.74 Å². The number of thiazole rings is 1. The lowest BCUT2D eigenvalue weighted by Crippen LogP contribution is -2.23. The van der Waals surface area contributed by atoms with E-state index in [0.29, 0.717) is 16.5 Å². The summed E-state index contributed by atoms with van der Waals surface area (Å²) >= 11 is 1.16. The Kier molecular flexibility index (Phi) is 6.32. The molecule has 0 saturated heterocycles. The number of hydrogen-bond donors (Lipinski definition) is 0. The summed E-state index contributed by atoms with van der Waals surface area (Å²) in [6.07, 6.45) is 2.88. The maximum absolute atomic E-state index is 14.2. The van der Waals surface area contributed by atoms with E-state index in [1.54, 1.807) is 23.6 Å². The minimum atomic E-state index is -0.549. The molecule has 0 saturated carbocycles. The van der Waals surface area contributed by atoms with Crippen LogP contribution in [0.2, 0.25) is 0 Å². The van der Waals surface area contributed by atoms with E-state index in [2.05, 4.69) is 9.97 Å². The average molecular weight is 447 g/mol. The minimum Gasteiger partial charge on any atom is -0.456 e. The fourth-order valence-corrected chi connectivity index (χ4v) is 3.89. The molecule has 0 radical (unpaired) electrons. The highest BCUT2D eigenvalue weighted by molar-refractivity contribution is 7.14. The lowest BCUT2D eigenvalue weighted by Gasteiger charge is -2.18. The second kappa shape index (κ2) is 9.49. The van der Waals surface area contributed by atoms with Gasteiger partial charge in [0.2, 0.25) is 5.91 Å². The van der Waals surface area contributed by atoms with Crippen molar-refractivity contribution in [1.29, 1.82) is 0 Å². The van der Waals surface area contributed by atoms with E-state index in [0.717, 1.165) is 22.2 Å². The summed E-state index contributed by atoms with van der Waals surface area (Å²) in [6.45, 7) is 1.26. The standard InChI is InChI=1S/C24H18FN3O3S/c1-16(29)28(22-9-5-3-7-20(22)25)24-27-19(15-32-24)14-31-23(30)13-12-18-11-10-17-6-2-4-8-21(17)26-18/h2-13,15H,14H2,1H3/b13-12+. The highest BCUT2D eigenvalue weighted by Crippen LogP contribution is 2.30. The summed E-state index contributed by atoms with van der Waals surface area (Å²) in [7, 11) is 0. The predicted octanol–water partition coefficient (Wildman–Crippen LogP) is 5.27. The number of carbonyl (C=O) groups excluding carboxylic acids is 2. The van der Waals surface area contributed by atoms with Crippen molar-refractivity contribution >= 4 is 51.0 Å². The number of fused-ring (bicyclic) bond motifs is 1. The first-order valence-corrected chi connectivity index (χ1v) is 10.6. The van der Waals surface area contributed by atoms with Gasteiger partial charge in [0, 0.05) is 23.8 Å². The van der Waals surface area contributed by atoms with Gasteiger partial charge in [-0.1, -0.05) is 36.4 Å². The number of aromatic nitrogens is 2. The molecule has 4 aromatic rings. The third-order valence-corrected chi connectivity index (χ3v) is 5.39. The summed E-state index contributed by atoms with van der Waals surface area (Å²) in [5.41, 5.74) is 2.04. The number of ether oxygens (including phenoxy) is 1. The number of nitrogens with zero attached hydrogens (tertiary/aromatic N) is 3. The van der Waals surface area contributed by atoms with Gasteiger partial charge in [-0.2, -0.15) is 0 Å². The Morgan fingerprint density at radius 2 is 1.84 bits per heavy atom. The van der Waals surface area contributed by atoms with E-state index >= 15 is 0 Å². The Bertz CT molecular complexity index is 1320. The topological polar surface area (TPSA) is 72.4 Å². The highest BCUT2D eigenvalue weighted by Gasteiger charge is 2.21. The quantitative estimate of drug-likeness (QED) is 0.297. The predicted molar refractivity (Wildman–Crippen MR) is 122 cm³/mol. The van der Waals surface area contributed by atoms with Crippen molar-refractivity contribution < 1.29 is 18.7 Å². The van der Waals surface area contributed by atoms with Crippen LogP contribution in [0.25, 0.3) is 17.0 Å². The van der Waals surface area contributed by atoms with E-state index in [4.69, 9.17) is 4.74 Å². The van der Waals surface area contributed by atoms with E-state index in [1.165, 1.54) is 30.0 Å². The van der Waals surface area contributed by atoms with Gasteiger partial charge in [-0.15, -0.1) is 11.3 Å². The van der Waals surface area contributed by atoms with Crippen LogP contribution in [0.4, 0.5) is 15.2 Å². The maximum Gasteiger partial charge on any atom is 0.331 e. The van der Waals surface area contributed by atoms with Crippen molar-refractivity contribution in [2.45, 2.75) is 13.5 Å². The molecule has 0 aliphatic rings. The smallest absolute Gasteiger partial charge is 0.331 e. The summed E-state index contributed by atoms with van der Waals surface area (Å²) < 4.78 is 19.4. The average Bonchev–Trinajstić information content (AvgIpc) is 3.26. The third-order valence-electron chi connectivity index (χ3n) is 4.51. The van der Waals surface area contributed by atoms with Gasteiger partial charge in [-0.05, 0) is 30.3 Å². The second-order valence-electron chi connectivity index (χ2n) is 6.80. The molecule has 0 fully saturated rings. The van der Waals surface area contributed by atoms with E-state index < -0.39 is 11.8 Å². The number of amides is 1. The molecular weight excluding hydrogens is 429 g/mol. The Morgan fingerprint density at radius 3 is 2.66 bits per heavy atom. The molecule has 4 rings (SSSR count). The highest BCUT2D eigenvalue weighted by atomic mass is 32.1. The Balaban J connectivity index is 1.40. The normalized spacial score (nSPS) is 11.1. The van der Waals surface area contributed by atoms with Gasteiger partial charge in [0.1, 0.15) is 12.4 Å². The number of esters is 1. The van der Waals surface area contributed by atoms with Crippen molar-refractivity contribution in [3.63, 3.8) is 0 Å². The van der Waals surface area contributed by atoms with Crippen LogP contribution in [0.15, 0.2) is 72.1 Å². The van der Waals surface area contributed by atoms with Crippen LogP contribution in [-0.4, -0.2) is 21.8 Å². The number of halogens is 1. The molecule has 160 valence electrons. The minimum absolute atomic E-state index is 0.0756.